The molecule has 3 rings (SSSR count). The number of carbonyl (C=O) groups is 2. The van der Waals surface area contributed by atoms with Crippen LogP contribution in [0, 0.1) is 20.8 Å². The van der Waals surface area contributed by atoms with E-state index < -0.39 is 29.3 Å². The van der Waals surface area contributed by atoms with Crippen LogP contribution in [0.3, 0.4) is 0 Å². The minimum absolute atomic E-state index is 0.221. The van der Waals surface area contributed by atoms with Crippen molar-refractivity contribution in [1.82, 2.24) is 5.32 Å². The maximum Gasteiger partial charge on any atom is 0.408 e. The Bertz CT molecular complexity index is 1240. The van der Waals surface area contributed by atoms with Gasteiger partial charge in [0.05, 0.1) is 0 Å². The zero-order valence-electron chi connectivity index (χ0n) is 19.8. The van der Waals surface area contributed by atoms with Gasteiger partial charge in [0.1, 0.15) is 23.0 Å². The summed E-state index contributed by atoms with van der Waals surface area (Å²) in [7, 11) is 0. The third-order valence-electron chi connectivity index (χ3n) is 5.29. The van der Waals surface area contributed by atoms with Crippen LogP contribution in [0.15, 0.2) is 51.7 Å². The first kappa shape index (κ1) is 24.0. The van der Waals surface area contributed by atoms with Gasteiger partial charge in [-0.15, -0.1) is 0 Å². The molecule has 0 spiro atoms. The van der Waals surface area contributed by atoms with E-state index in [0.29, 0.717) is 16.7 Å². The molecule has 0 bridgehead atoms. The first-order chi connectivity index (χ1) is 15.5. The number of aryl methyl sites for hydroxylation is 2. The molecule has 0 radical (unpaired) electrons. The molecule has 0 saturated carbocycles. The van der Waals surface area contributed by atoms with Crippen LogP contribution in [-0.4, -0.2) is 23.7 Å². The zero-order chi connectivity index (χ0) is 24.3. The Labute approximate surface area is 192 Å². The maximum absolute atomic E-state index is 13.1. The molecule has 2 aromatic carbocycles. The Hall–Kier alpha value is -3.61. The molecule has 1 heterocycles. The Morgan fingerprint density at radius 2 is 1.64 bits per heavy atom. The van der Waals surface area contributed by atoms with E-state index in [-0.39, 0.29) is 12.2 Å². The smallest absolute Gasteiger partial charge is 0.408 e. The average molecular weight is 452 g/mol. The van der Waals surface area contributed by atoms with Crippen LogP contribution in [0.25, 0.3) is 11.0 Å². The lowest BCUT2D eigenvalue weighted by atomic mass is 10.0. The summed E-state index contributed by atoms with van der Waals surface area (Å²) in [5.74, 6) is -0.402. The second kappa shape index (κ2) is 9.48. The van der Waals surface area contributed by atoms with Gasteiger partial charge in [0.2, 0.25) is 0 Å². The van der Waals surface area contributed by atoms with Crippen LogP contribution in [-0.2, 0) is 16.0 Å². The number of benzene rings is 2. The number of hydrogen-bond donors (Lipinski definition) is 1. The first-order valence-corrected chi connectivity index (χ1v) is 10.7. The van der Waals surface area contributed by atoms with Gasteiger partial charge in [-0.1, -0.05) is 30.3 Å². The van der Waals surface area contributed by atoms with Crippen molar-refractivity contribution in [2.45, 2.75) is 59.6 Å². The third-order valence-corrected chi connectivity index (χ3v) is 5.29. The van der Waals surface area contributed by atoms with E-state index in [2.05, 4.69) is 5.32 Å². The van der Waals surface area contributed by atoms with Crippen LogP contribution in [0.5, 0.6) is 5.75 Å². The fraction of sp³-hybridized carbons (Fsp3) is 0.346. The van der Waals surface area contributed by atoms with Gasteiger partial charge >= 0.3 is 17.7 Å². The van der Waals surface area contributed by atoms with Crippen LogP contribution < -0.4 is 15.7 Å². The number of fused-ring (bicyclic) bond motifs is 1. The van der Waals surface area contributed by atoms with Crippen LogP contribution in [0.1, 0.15) is 43.0 Å². The number of esters is 1. The Kier molecular flexibility index (Phi) is 6.91. The monoisotopic (exact) mass is 451 g/mol. The molecule has 1 amide bonds. The molecule has 1 aromatic heterocycles. The van der Waals surface area contributed by atoms with Crippen molar-refractivity contribution in [2.24, 2.45) is 0 Å². The summed E-state index contributed by atoms with van der Waals surface area (Å²) in [4.78, 5) is 37.6. The molecule has 7 nitrogen and oxygen atoms in total. The Morgan fingerprint density at radius 3 is 2.27 bits per heavy atom. The summed E-state index contributed by atoms with van der Waals surface area (Å²) >= 11 is 0. The number of nitrogens with one attached hydrogen (secondary N) is 1. The van der Waals surface area contributed by atoms with Gasteiger partial charge in [0, 0.05) is 22.9 Å². The minimum atomic E-state index is -0.982. The number of amides is 1. The second-order valence-electron chi connectivity index (χ2n) is 9.01. The standard InChI is InChI=1S/C26H29NO6/c1-15-16(2)23(28)32-22-17(3)21(13-12-19(15)22)31-24(29)20(14-18-10-8-7-9-11-18)27-25(30)33-26(4,5)6/h7-13,20H,14H2,1-6H3,(H,27,30)/t20-/m1/s1. The quantitative estimate of drug-likeness (QED) is 0.341. The number of ether oxygens (including phenoxy) is 2. The van der Waals surface area contributed by atoms with E-state index in [1.165, 1.54) is 0 Å². The normalized spacial score (nSPS) is 12.3. The molecule has 3 aromatic rings. The van der Waals surface area contributed by atoms with Crippen molar-refractivity contribution in [3.05, 3.63) is 75.1 Å². The predicted molar refractivity (Wildman–Crippen MR) is 126 cm³/mol. The highest BCUT2D eigenvalue weighted by Gasteiger charge is 2.27. The molecular weight excluding hydrogens is 422 g/mol. The minimum Gasteiger partial charge on any atom is -0.444 e. The number of rotatable bonds is 5. The molecule has 0 unspecified atom stereocenters. The number of carbonyl (C=O) groups excluding carboxylic acids is 2. The van der Waals surface area contributed by atoms with Crippen molar-refractivity contribution < 1.29 is 23.5 Å². The highest BCUT2D eigenvalue weighted by Crippen LogP contribution is 2.29. The molecule has 1 N–H and O–H groups in total. The summed E-state index contributed by atoms with van der Waals surface area (Å²) in [5.41, 5.74) is 1.95. The van der Waals surface area contributed by atoms with Gasteiger partial charge in [0.15, 0.2) is 0 Å². The third kappa shape index (κ3) is 5.80. The largest absolute Gasteiger partial charge is 0.444 e. The number of hydrogen-bond acceptors (Lipinski definition) is 6. The molecule has 0 aliphatic heterocycles. The van der Waals surface area contributed by atoms with Crippen molar-refractivity contribution in [3.8, 4) is 5.75 Å². The topological polar surface area (TPSA) is 94.8 Å². The SMILES string of the molecule is Cc1c(C)c2ccc(OC(=O)[C@@H](Cc3ccccc3)NC(=O)OC(C)(C)C)c(C)c2oc1=O. The summed E-state index contributed by atoms with van der Waals surface area (Å²) in [5, 5.41) is 3.39. The molecule has 33 heavy (non-hydrogen) atoms. The molecule has 0 aliphatic carbocycles. The molecule has 0 aliphatic rings. The molecule has 0 saturated heterocycles. The lowest BCUT2D eigenvalue weighted by Gasteiger charge is -2.23. The van der Waals surface area contributed by atoms with Crippen LogP contribution in [0.2, 0.25) is 0 Å². The van der Waals surface area contributed by atoms with Gasteiger partial charge < -0.3 is 19.2 Å². The van der Waals surface area contributed by atoms with E-state index in [0.717, 1.165) is 16.5 Å². The van der Waals surface area contributed by atoms with Crippen molar-refractivity contribution in [3.63, 3.8) is 0 Å². The first-order valence-electron chi connectivity index (χ1n) is 10.7. The predicted octanol–water partition coefficient (Wildman–Crippen LogP) is 4.76. The average Bonchev–Trinajstić information content (AvgIpc) is 2.73. The van der Waals surface area contributed by atoms with Gasteiger partial charge in [-0.25, -0.2) is 14.4 Å². The lowest BCUT2D eigenvalue weighted by molar-refractivity contribution is -0.136. The molecule has 0 fully saturated rings. The van der Waals surface area contributed by atoms with Crippen LogP contribution >= 0.6 is 0 Å². The molecule has 7 heteroatoms. The highest BCUT2D eigenvalue weighted by molar-refractivity contribution is 5.88. The lowest BCUT2D eigenvalue weighted by Crippen LogP contribution is -2.46. The Balaban J connectivity index is 1.90. The van der Waals surface area contributed by atoms with Crippen molar-refractivity contribution in [2.75, 3.05) is 0 Å². The van der Waals surface area contributed by atoms with Crippen molar-refractivity contribution in [1.29, 1.82) is 0 Å². The summed E-state index contributed by atoms with van der Waals surface area (Å²) in [6.45, 7) is 10.5. The van der Waals surface area contributed by atoms with E-state index >= 15 is 0 Å². The van der Waals surface area contributed by atoms with Gasteiger partial charge in [0.25, 0.3) is 0 Å². The molecule has 174 valence electrons. The fourth-order valence-corrected chi connectivity index (χ4v) is 3.41. The molecule has 1 atom stereocenters. The van der Waals surface area contributed by atoms with E-state index in [1.807, 2.05) is 37.3 Å². The fourth-order valence-electron chi connectivity index (χ4n) is 3.41. The van der Waals surface area contributed by atoms with E-state index in [1.54, 1.807) is 46.8 Å². The van der Waals surface area contributed by atoms with Gasteiger partial charge in [-0.2, -0.15) is 0 Å². The summed E-state index contributed by atoms with van der Waals surface area (Å²) in [6, 6.07) is 11.7. The van der Waals surface area contributed by atoms with E-state index in [4.69, 9.17) is 13.9 Å². The second-order valence-corrected chi connectivity index (χ2v) is 9.01. The van der Waals surface area contributed by atoms with Gasteiger partial charge in [-0.3, -0.25) is 0 Å². The Morgan fingerprint density at radius 1 is 0.970 bits per heavy atom. The maximum atomic E-state index is 13.1. The number of alkyl carbamates (subject to hydrolysis) is 1. The van der Waals surface area contributed by atoms with E-state index in [9.17, 15) is 14.4 Å². The summed E-state index contributed by atoms with van der Waals surface area (Å²) in [6.07, 6.45) is -0.494. The van der Waals surface area contributed by atoms with Crippen molar-refractivity contribution >= 4 is 23.0 Å². The summed E-state index contributed by atoms with van der Waals surface area (Å²) < 4.78 is 16.4. The highest BCUT2D eigenvalue weighted by atomic mass is 16.6. The van der Waals surface area contributed by atoms with Crippen LogP contribution in [0.4, 0.5) is 4.79 Å². The molecular formula is C26H29NO6. The zero-order valence-corrected chi connectivity index (χ0v) is 19.8. The van der Waals surface area contributed by atoms with Gasteiger partial charge in [-0.05, 0) is 64.8 Å².